The fraction of sp³-hybridized carbons (Fsp3) is 0.0714. The lowest BCUT2D eigenvalue weighted by Gasteiger charge is -2.12. The second-order valence-electron chi connectivity index (χ2n) is 4.14. The maximum absolute atomic E-state index is 12.2. The highest BCUT2D eigenvalue weighted by molar-refractivity contribution is 7.92. The molecule has 0 amide bonds. The van der Waals surface area contributed by atoms with Crippen molar-refractivity contribution in [2.45, 2.75) is 4.90 Å². The molecule has 2 aromatic rings. The number of benzene rings is 2. The monoisotopic (exact) mass is 307 g/mol. The standard InChI is InChI=1S/C14H13NO5S/c1-20-13-8-7-10(14(16)17)9-12(13)15-21(18,19)11-5-3-2-4-6-11/h2-9,15H,1H3,(H,16,17). The Morgan fingerprint density at radius 3 is 2.38 bits per heavy atom. The summed E-state index contributed by atoms with van der Waals surface area (Å²) >= 11 is 0. The largest absolute Gasteiger partial charge is 0.495 e. The summed E-state index contributed by atoms with van der Waals surface area (Å²) in [5.41, 5.74) is 0.0304. The zero-order valence-electron chi connectivity index (χ0n) is 11.1. The Labute approximate surface area is 122 Å². The second-order valence-corrected chi connectivity index (χ2v) is 5.82. The highest BCUT2D eigenvalue weighted by Crippen LogP contribution is 2.28. The van der Waals surface area contributed by atoms with E-state index in [1.54, 1.807) is 18.2 Å². The maximum Gasteiger partial charge on any atom is 0.335 e. The zero-order valence-corrected chi connectivity index (χ0v) is 11.9. The summed E-state index contributed by atoms with van der Waals surface area (Å²) in [5, 5.41) is 8.97. The van der Waals surface area contributed by atoms with Gasteiger partial charge in [-0.05, 0) is 30.3 Å². The van der Waals surface area contributed by atoms with E-state index in [4.69, 9.17) is 9.84 Å². The number of rotatable bonds is 5. The van der Waals surface area contributed by atoms with Gasteiger partial charge in [-0.3, -0.25) is 4.72 Å². The summed E-state index contributed by atoms with van der Waals surface area (Å²) in [6.07, 6.45) is 0. The third kappa shape index (κ3) is 3.32. The normalized spacial score (nSPS) is 10.9. The van der Waals surface area contributed by atoms with Crippen LogP contribution in [0.25, 0.3) is 0 Å². The van der Waals surface area contributed by atoms with Crippen molar-refractivity contribution in [2.75, 3.05) is 11.8 Å². The minimum absolute atomic E-state index is 0.0402. The van der Waals surface area contributed by atoms with Gasteiger partial charge in [0.2, 0.25) is 0 Å². The van der Waals surface area contributed by atoms with Crippen molar-refractivity contribution in [3.8, 4) is 5.75 Å². The molecule has 0 unspecified atom stereocenters. The molecule has 0 saturated heterocycles. The molecule has 0 aliphatic rings. The van der Waals surface area contributed by atoms with Gasteiger partial charge in [0, 0.05) is 0 Å². The molecule has 2 rings (SSSR count). The molecule has 6 nitrogen and oxygen atoms in total. The Morgan fingerprint density at radius 1 is 1.14 bits per heavy atom. The van der Waals surface area contributed by atoms with Gasteiger partial charge >= 0.3 is 5.97 Å². The predicted octanol–water partition coefficient (Wildman–Crippen LogP) is 2.19. The van der Waals surface area contributed by atoms with E-state index in [0.29, 0.717) is 0 Å². The minimum atomic E-state index is -3.81. The van der Waals surface area contributed by atoms with Crippen LogP contribution in [0, 0.1) is 0 Å². The van der Waals surface area contributed by atoms with Crippen molar-refractivity contribution in [3.63, 3.8) is 0 Å². The molecule has 0 aliphatic heterocycles. The minimum Gasteiger partial charge on any atom is -0.495 e. The van der Waals surface area contributed by atoms with Crippen LogP contribution < -0.4 is 9.46 Å². The number of methoxy groups -OCH3 is 1. The molecular weight excluding hydrogens is 294 g/mol. The summed E-state index contributed by atoms with van der Waals surface area (Å²) in [7, 11) is -2.44. The third-order valence-corrected chi connectivity index (χ3v) is 4.13. The number of hydrogen-bond acceptors (Lipinski definition) is 4. The van der Waals surface area contributed by atoms with Gasteiger partial charge in [-0.15, -0.1) is 0 Å². The molecule has 0 radical (unpaired) electrons. The van der Waals surface area contributed by atoms with Gasteiger partial charge in [-0.2, -0.15) is 0 Å². The van der Waals surface area contributed by atoms with Crippen LogP contribution in [0.3, 0.4) is 0 Å². The average molecular weight is 307 g/mol. The topological polar surface area (TPSA) is 92.7 Å². The Balaban J connectivity index is 2.43. The van der Waals surface area contributed by atoms with Crippen molar-refractivity contribution in [3.05, 3.63) is 54.1 Å². The van der Waals surface area contributed by atoms with Gasteiger partial charge in [-0.1, -0.05) is 18.2 Å². The van der Waals surface area contributed by atoms with Crippen LogP contribution in [0.1, 0.15) is 10.4 Å². The Morgan fingerprint density at radius 2 is 1.81 bits per heavy atom. The highest BCUT2D eigenvalue weighted by atomic mass is 32.2. The number of carboxylic acid groups (broad SMARTS) is 1. The molecule has 7 heteroatoms. The number of aromatic carboxylic acids is 1. The van der Waals surface area contributed by atoms with Gasteiger partial charge in [0.05, 0.1) is 23.3 Å². The van der Waals surface area contributed by atoms with Crippen molar-refractivity contribution < 1.29 is 23.1 Å². The second kappa shape index (κ2) is 5.84. The summed E-state index contributed by atoms with van der Waals surface area (Å²) in [6, 6.07) is 11.7. The number of hydrogen-bond donors (Lipinski definition) is 2. The van der Waals surface area contributed by atoms with Crippen molar-refractivity contribution >= 4 is 21.7 Å². The smallest absolute Gasteiger partial charge is 0.335 e. The molecule has 21 heavy (non-hydrogen) atoms. The number of sulfonamides is 1. The predicted molar refractivity (Wildman–Crippen MR) is 77.2 cm³/mol. The first-order valence-corrected chi connectivity index (χ1v) is 7.41. The van der Waals surface area contributed by atoms with Crippen molar-refractivity contribution in [1.29, 1.82) is 0 Å². The fourth-order valence-electron chi connectivity index (χ4n) is 1.72. The third-order valence-electron chi connectivity index (χ3n) is 2.74. The van der Waals surface area contributed by atoms with E-state index in [1.165, 1.54) is 37.4 Å². The molecule has 110 valence electrons. The van der Waals surface area contributed by atoms with Gasteiger partial charge in [0.25, 0.3) is 10.0 Å². The molecule has 0 bridgehead atoms. The van der Waals surface area contributed by atoms with Crippen LogP contribution in [-0.2, 0) is 10.0 Å². The van der Waals surface area contributed by atoms with E-state index in [-0.39, 0.29) is 21.9 Å². The van der Waals surface area contributed by atoms with Gasteiger partial charge < -0.3 is 9.84 Å². The molecule has 0 heterocycles. The zero-order chi connectivity index (χ0) is 15.5. The van der Waals surface area contributed by atoms with E-state index in [1.807, 2.05) is 0 Å². The maximum atomic E-state index is 12.2. The summed E-state index contributed by atoms with van der Waals surface area (Å²) in [4.78, 5) is 11.0. The molecular formula is C14H13NO5S. The van der Waals surface area contributed by atoms with Crippen LogP contribution in [0.15, 0.2) is 53.4 Å². The lowest BCUT2D eigenvalue weighted by Crippen LogP contribution is -2.14. The molecule has 2 aromatic carbocycles. The number of ether oxygens (including phenoxy) is 1. The van der Waals surface area contributed by atoms with E-state index < -0.39 is 16.0 Å². The number of carbonyl (C=O) groups is 1. The van der Waals surface area contributed by atoms with Gasteiger partial charge in [-0.25, -0.2) is 13.2 Å². The lowest BCUT2D eigenvalue weighted by atomic mass is 10.2. The first kappa shape index (κ1) is 14.9. The molecule has 0 aliphatic carbocycles. The molecule has 0 spiro atoms. The van der Waals surface area contributed by atoms with Crippen molar-refractivity contribution in [2.24, 2.45) is 0 Å². The fourth-order valence-corrected chi connectivity index (χ4v) is 2.81. The van der Waals surface area contributed by atoms with Crippen molar-refractivity contribution in [1.82, 2.24) is 0 Å². The van der Waals surface area contributed by atoms with E-state index in [0.717, 1.165) is 0 Å². The van der Waals surface area contributed by atoms with Crippen LogP contribution in [0.2, 0.25) is 0 Å². The molecule has 0 aromatic heterocycles. The Hall–Kier alpha value is -2.54. The number of nitrogens with one attached hydrogen (secondary N) is 1. The van der Waals surface area contributed by atoms with E-state index in [9.17, 15) is 13.2 Å². The number of anilines is 1. The van der Waals surface area contributed by atoms with Gasteiger partial charge in [0.1, 0.15) is 5.75 Å². The Kier molecular flexibility index (Phi) is 4.13. The average Bonchev–Trinajstić information content (AvgIpc) is 2.47. The lowest BCUT2D eigenvalue weighted by molar-refractivity contribution is 0.0697. The van der Waals surface area contributed by atoms with Crippen LogP contribution >= 0.6 is 0 Å². The number of carboxylic acids is 1. The van der Waals surface area contributed by atoms with Gasteiger partial charge in [0.15, 0.2) is 0 Å². The summed E-state index contributed by atoms with van der Waals surface area (Å²) in [6.45, 7) is 0. The summed E-state index contributed by atoms with van der Waals surface area (Å²) in [5.74, 6) is -0.919. The summed E-state index contributed by atoms with van der Waals surface area (Å²) < 4.78 is 31.8. The molecule has 0 fully saturated rings. The first-order chi connectivity index (χ1) is 9.94. The van der Waals surface area contributed by atoms with E-state index in [2.05, 4.69) is 4.72 Å². The SMILES string of the molecule is COc1ccc(C(=O)O)cc1NS(=O)(=O)c1ccccc1. The molecule has 0 saturated carbocycles. The van der Waals surface area contributed by atoms with Crippen LogP contribution in [0.4, 0.5) is 5.69 Å². The first-order valence-electron chi connectivity index (χ1n) is 5.93. The quantitative estimate of drug-likeness (QED) is 0.883. The van der Waals surface area contributed by atoms with Crippen LogP contribution in [-0.4, -0.2) is 26.6 Å². The van der Waals surface area contributed by atoms with E-state index >= 15 is 0 Å². The molecule has 0 atom stereocenters. The Bertz CT molecular complexity index is 756. The highest BCUT2D eigenvalue weighted by Gasteiger charge is 2.17. The van der Waals surface area contributed by atoms with Crippen LogP contribution in [0.5, 0.6) is 5.75 Å². The molecule has 2 N–H and O–H groups in total.